The average Bonchev–Trinajstić information content (AvgIpc) is 2.42. The van der Waals surface area contributed by atoms with Gasteiger partial charge in [0.2, 0.25) is 5.88 Å². The number of nitrogen functional groups attached to an aromatic ring is 1. The number of anilines is 1. The van der Waals surface area contributed by atoms with E-state index in [1.807, 2.05) is 50.2 Å². The number of aromatic nitrogens is 2. The van der Waals surface area contributed by atoms with E-state index in [2.05, 4.69) is 9.97 Å². The molecule has 1 aromatic carbocycles. The molecular formula is C16H15N3O. The van der Waals surface area contributed by atoms with E-state index in [1.54, 1.807) is 6.20 Å². The highest BCUT2D eigenvalue weighted by Gasteiger charge is 2.08. The van der Waals surface area contributed by atoms with Gasteiger partial charge in [-0.05, 0) is 32.0 Å². The Hall–Kier alpha value is -2.62. The molecule has 4 heteroatoms. The van der Waals surface area contributed by atoms with E-state index in [1.165, 1.54) is 0 Å². The zero-order valence-electron chi connectivity index (χ0n) is 11.4. The number of nitrogens with zero attached hydrogens (tertiary/aromatic N) is 2. The van der Waals surface area contributed by atoms with Gasteiger partial charge in [0, 0.05) is 16.6 Å². The molecule has 0 unspecified atom stereocenters. The van der Waals surface area contributed by atoms with E-state index in [4.69, 9.17) is 10.5 Å². The van der Waals surface area contributed by atoms with Gasteiger partial charge in [-0.1, -0.05) is 18.2 Å². The van der Waals surface area contributed by atoms with Crippen molar-refractivity contribution < 1.29 is 4.74 Å². The SMILES string of the molecule is Cc1ccc2cccc(Oc3ncc(N)cc3C)c2n1. The second kappa shape index (κ2) is 4.81. The number of ether oxygens (including phenoxy) is 1. The molecule has 20 heavy (non-hydrogen) atoms. The first-order valence-corrected chi connectivity index (χ1v) is 6.40. The van der Waals surface area contributed by atoms with Crippen molar-refractivity contribution in [3.05, 3.63) is 53.9 Å². The first kappa shape index (κ1) is 12.4. The van der Waals surface area contributed by atoms with Gasteiger partial charge in [0.25, 0.3) is 0 Å². The van der Waals surface area contributed by atoms with Crippen LogP contribution in [0.3, 0.4) is 0 Å². The van der Waals surface area contributed by atoms with Crippen LogP contribution in [0.25, 0.3) is 10.9 Å². The maximum atomic E-state index is 5.90. The number of rotatable bonds is 2. The lowest BCUT2D eigenvalue weighted by Crippen LogP contribution is -1.95. The molecule has 0 aliphatic carbocycles. The van der Waals surface area contributed by atoms with Crippen LogP contribution in [-0.4, -0.2) is 9.97 Å². The van der Waals surface area contributed by atoms with Gasteiger partial charge < -0.3 is 10.5 Å². The Labute approximate surface area is 117 Å². The van der Waals surface area contributed by atoms with E-state index < -0.39 is 0 Å². The van der Waals surface area contributed by atoms with Crippen molar-refractivity contribution in [2.75, 3.05) is 5.73 Å². The zero-order chi connectivity index (χ0) is 14.1. The quantitative estimate of drug-likeness (QED) is 0.768. The number of aryl methyl sites for hydroxylation is 2. The van der Waals surface area contributed by atoms with Crippen LogP contribution >= 0.6 is 0 Å². The van der Waals surface area contributed by atoms with Gasteiger partial charge in [-0.25, -0.2) is 9.97 Å². The van der Waals surface area contributed by atoms with E-state index in [0.717, 1.165) is 22.2 Å². The van der Waals surface area contributed by atoms with Crippen LogP contribution in [0, 0.1) is 13.8 Å². The lowest BCUT2D eigenvalue weighted by Gasteiger charge is -2.10. The normalized spacial score (nSPS) is 10.7. The summed E-state index contributed by atoms with van der Waals surface area (Å²) in [6.07, 6.45) is 1.59. The van der Waals surface area contributed by atoms with Crippen LogP contribution in [0.15, 0.2) is 42.6 Å². The minimum atomic E-state index is 0.551. The summed E-state index contributed by atoms with van der Waals surface area (Å²) in [7, 11) is 0. The van der Waals surface area contributed by atoms with Gasteiger partial charge in [0.15, 0.2) is 5.75 Å². The Kier molecular flexibility index (Phi) is 2.99. The van der Waals surface area contributed by atoms with E-state index >= 15 is 0 Å². The number of nitrogens with two attached hydrogens (primary N) is 1. The lowest BCUT2D eigenvalue weighted by atomic mass is 10.2. The Morgan fingerprint density at radius 2 is 1.95 bits per heavy atom. The standard InChI is InChI=1S/C16H15N3O/c1-10-8-13(17)9-18-16(10)20-14-5-3-4-12-7-6-11(2)19-15(12)14/h3-9H,17H2,1-2H3. The van der Waals surface area contributed by atoms with Gasteiger partial charge >= 0.3 is 0 Å². The van der Waals surface area contributed by atoms with E-state index in [-0.39, 0.29) is 0 Å². The van der Waals surface area contributed by atoms with Crippen molar-refractivity contribution in [1.29, 1.82) is 0 Å². The molecule has 0 radical (unpaired) electrons. The van der Waals surface area contributed by atoms with Crippen molar-refractivity contribution in [3.8, 4) is 11.6 Å². The fourth-order valence-electron chi connectivity index (χ4n) is 2.09. The lowest BCUT2D eigenvalue weighted by molar-refractivity contribution is 0.463. The number of benzene rings is 1. The Morgan fingerprint density at radius 3 is 2.75 bits per heavy atom. The monoisotopic (exact) mass is 265 g/mol. The summed E-state index contributed by atoms with van der Waals surface area (Å²) in [5, 5.41) is 1.04. The molecule has 2 N–H and O–H groups in total. The van der Waals surface area contributed by atoms with Crippen LogP contribution in [0.5, 0.6) is 11.6 Å². The van der Waals surface area contributed by atoms with E-state index in [9.17, 15) is 0 Å². The summed E-state index contributed by atoms with van der Waals surface area (Å²) in [5.41, 5.74) is 9.02. The molecule has 0 aliphatic heterocycles. The maximum absolute atomic E-state index is 5.90. The third-order valence-corrected chi connectivity index (χ3v) is 3.08. The molecule has 0 fully saturated rings. The highest BCUT2D eigenvalue weighted by atomic mass is 16.5. The largest absolute Gasteiger partial charge is 0.436 e. The van der Waals surface area contributed by atoms with Crippen molar-refractivity contribution in [2.24, 2.45) is 0 Å². The summed E-state index contributed by atoms with van der Waals surface area (Å²) in [5.74, 6) is 1.25. The third-order valence-electron chi connectivity index (χ3n) is 3.08. The van der Waals surface area contributed by atoms with Crippen molar-refractivity contribution >= 4 is 16.6 Å². The molecule has 0 atom stereocenters. The second-order valence-electron chi connectivity index (χ2n) is 4.77. The Morgan fingerprint density at radius 1 is 1.10 bits per heavy atom. The minimum absolute atomic E-state index is 0.551. The van der Waals surface area contributed by atoms with Crippen molar-refractivity contribution in [2.45, 2.75) is 13.8 Å². The second-order valence-corrected chi connectivity index (χ2v) is 4.77. The molecule has 2 heterocycles. The molecule has 0 amide bonds. The van der Waals surface area contributed by atoms with Gasteiger partial charge in [-0.15, -0.1) is 0 Å². The van der Waals surface area contributed by atoms with Gasteiger partial charge in [0.1, 0.15) is 5.52 Å². The molecule has 0 saturated heterocycles. The molecule has 0 aliphatic rings. The Bertz CT molecular complexity index is 784. The number of hydrogen-bond acceptors (Lipinski definition) is 4. The van der Waals surface area contributed by atoms with E-state index in [0.29, 0.717) is 17.3 Å². The van der Waals surface area contributed by atoms with Crippen LogP contribution in [0.4, 0.5) is 5.69 Å². The summed E-state index contributed by atoms with van der Waals surface area (Å²) in [6.45, 7) is 3.88. The van der Waals surface area contributed by atoms with Crippen LogP contribution in [0.1, 0.15) is 11.3 Å². The first-order valence-electron chi connectivity index (χ1n) is 6.40. The summed E-state index contributed by atoms with van der Waals surface area (Å²) < 4.78 is 5.90. The molecule has 0 bridgehead atoms. The van der Waals surface area contributed by atoms with Gasteiger partial charge in [-0.3, -0.25) is 0 Å². The molecule has 2 aromatic heterocycles. The number of hydrogen-bond donors (Lipinski definition) is 1. The smallest absolute Gasteiger partial charge is 0.222 e. The molecule has 3 rings (SSSR count). The predicted molar refractivity (Wildman–Crippen MR) is 79.9 cm³/mol. The fourth-order valence-corrected chi connectivity index (χ4v) is 2.09. The first-order chi connectivity index (χ1) is 9.63. The maximum Gasteiger partial charge on any atom is 0.222 e. The summed E-state index contributed by atoms with van der Waals surface area (Å²) in [6, 6.07) is 11.7. The minimum Gasteiger partial charge on any atom is -0.436 e. The summed E-state index contributed by atoms with van der Waals surface area (Å²) in [4.78, 5) is 8.77. The third kappa shape index (κ3) is 2.28. The van der Waals surface area contributed by atoms with Crippen LogP contribution < -0.4 is 10.5 Å². The number of fused-ring (bicyclic) bond motifs is 1. The van der Waals surface area contributed by atoms with Crippen LogP contribution in [0.2, 0.25) is 0 Å². The predicted octanol–water partition coefficient (Wildman–Crippen LogP) is 3.62. The van der Waals surface area contributed by atoms with Gasteiger partial charge in [0.05, 0.1) is 11.9 Å². The highest BCUT2D eigenvalue weighted by molar-refractivity contribution is 5.84. The molecule has 0 saturated carbocycles. The van der Waals surface area contributed by atoms with Crippen molar-refractivity contribution in [1.82, 2.24) is 9.97 Å². The number of pyridine rings is 2. The summed E-state index contributed by atoms with van der Waals surface area (Å²) >= 11 is 0. The zero-order valence-corrected chi connectivity index (χ0v) is 11.4. The molecular weight excluding hydrogens is 250 g/mol. The van der Waals surface area contributed by atoms with Crippen LogP contribution in [-0.2, 0) is 0 Å². The van der Waals surface area contributed by atoms with Crippen molar-refractivity contribution in [3.63, 3.8) is 0 Å². The molecule has 4 nitrogen and oxygen atoms in total. The Balaban J connectivity index is 2.08. The molecule has 100 valence electrons. The molecule has 3 aromatic rings. The molecule has 0 spiro atoms. The highest BCUT2D eigenvalue weighted by Crippen LogP contribution is 2.29. The topological polar surface area (TPSA) is 61.0 Å². The average molecular weight is 265 g/mol. The fraction of sp³-hybridized carbons (Fsp3) is 0.125. The van der Waals surface area contributed by atoms with Gasteiger partial charge in [-0.2, -0.15) is 0 Å². The number of para-hydroxylation sites is 1.